The molecule has 2 heterocycles. The van der Waals surface area contributed by atoms with E-state index in [0.29, 0.717) is 0 Å². The maximum atomic E-state index is 4.32. The van der Waals surface area contributed by atoms with Crippen molar-refractivity contribution in [2.45, 2.75) is 26.2 Å². The first-order valence-corrected chi connectivity index (χ1v) is 5.86. The topological polar surface area (TPSA) is 25.8 Å². The fourth-order valence-electron chi connectivity index (χ4n) is 2.18. The van der Waals surface area contributed by atoms with E-state index < -0.39 is 0 Å². The van der Waals surface area contributed by atoms with Gasteiger partial charge in [-0.1, -0.05) is 6.92 Å². The van der Waals surface area contributed by atoms with E-state index in [1.165, 1.54) is 35.0 Å². The molecule has 0 aliphatic heterocycles. The van der Waals surface area contributed by atoms with Crippen LogP contribution in [0.1, 0.15) is 23.8 Å². The normalized spacial score (nSPS) is 21.1. The maximum Gasteiger partial charge on any atom is 0.127 e. The Kier molecular flexibility index (Phi) is 1.80. The second kappa shape index (κ2) is 3.02. The number of aromatic nitrogens is 2. The molecule has 1 atom stereocenters. The van der Waals surface area contributed by atoms with Crippen molar-refractivity contribution in [1.29, 1.82) is 0 Å². The van der Waals surface area contributed by atoms with Gasteiger partial charge in [-0.3, -0.25) is 0 Å². The Labute approximate surface area is 87.0 Å². The van der Waals surface area contributed by atoms with E-state index in [-0.39, 0.29) is 0 Å². The molecule has 0 spiro atoms. The molecule has 72 valence electrons. The van der Waals surface area contributed by atoms with Crippen LogP contribution in [0.5, 0.6) is 0 Å². The molecule has 1 aliphatic carbocycles. The minimum Gasteiger partial charge on any atom is -0.244 e. The van der Waals surface area contributed by atoms with Gasteiger partial charge in [-0.25, -0.2) is 9.97 Å². The molecule has 2 aromatic heterocycles. The number of hydrogen-bond donors (Lipinski definition) is 0. The van der Waals surface area contributed by atoms with Crippen molar-refractivity contribution in [3.63, 3.8) is 0 Å². The molecule has 0 aromatic carbocycles. The summed E-state index contributed by atoms with van der Waals surface area (Å²) in [4.78, 5) is 11.1. The fourth-order valence-corrected chi connectivity index (χ4v) is 3.51. The smallest absolute Gasteiger partial charge is 0.127 e. The van der Waals surface area contributed by atoms with Crippen molar-refractivity contribution < 1.29 is 0 Å². The first-order chi connectivity index (χ1) is 6.84. The van der Waals surface area contributed by atoms with Gasteiger partial charge in [0.2, 0.25) is 0 Å². The third kappa shape index (κ3) is 1.16. The van der Waals surface area contributed by atoms with Crippen LogP contribution in [0.25, 0.3) is 10.2 Å². The maximum absolute atomic E-state index is 4.32. The molecule has 0 amide bonds. The number of rotatable bonds is 0. The summed E-state index contributed by atoms with van der Waals surface area (Å²) in [5.41, 5.74) is 1.52. The Balaban J connectivity index is 2.24. The largest absolute Gasteiger partial charge is 0.244 e. The van der Waals surface area contributed by atoms with Crippen molar-refractivity contribution in [2.24, 2.45) is 5.92 Å². The number of fused-ring (bicyclic) bond motifs is 3. The SMILES string of the molecule is CC1CCc2c(sc3ncncc23)C1. The monoisotopic (exact) mass is 204 g/mol. The molecule has 14 heavy (non-hydrogen) atoms. The summed E-state index contributed by atoms with van der Waals surface area (Å²) in [5.74, 6) is 0.837. The number of thiophene rings is 1. The van der Waals surface area contributed by atoms with E-state index in [1.807, 2.05) is 17.5 Å². The van der Waals surface area contributed by atoms with E-state index in [0.717, 1.165) is 5.92 Å². The molecule has 0 N–H and O–H groups in total. The van der Waals surface area contributed by atoms with Gasteiger partial charge in [0.15, 0.2) is 0 Å². The molecule has 0 saturated heterocycles. The molecule has 0 bridgehead atoms. The highest BCUT2D eigenvalue weighted by Crippen LogP contribution is 2.36. The molecule has 3 heteroatoms. The van der Waals surface area contributed by atoms with Gasteiger partial charge in [0.05, 0.1) is 0 Å². The van der Waals surface area contributed by atoms with Crippen LogP contribution in [0.3, 0.4) is 0 Å². The Hall–Kier alpha value is -0.960. The summed E-state index contributed by atoms with van der Waals surface area (Å²) in [7, 11) is 0. The molecule has 2 aromatic rings. The van der Waals surface area contributed by atoms with Gasteiger partial charge in [-0.15, -0.1) is 11.3 Å². The van der Waals surface area contributed by atoms with Crippen molar-refractivity contribution in [3.05, 3.63) is 23.0 Å². The van der Waals surface area contributed by atoms with E-state index in [4.69, 9.17) is 0 Å². The van der Waals surface area contributed by atoms with Crippen LogP contribution in [-0.2, 0) is 12.8 Å². The van der Waals surface area contributed by atoms with Crippen molar-refractivity contribution in [2.75, 3.05) is 0 Å². The third-order valence-electron chi connectivity index (χ3n) is 2.98. The van der Waals surface area contributed by atoms with Gasteiger partial charge in [0.25, 0.3) is 0 Å². The molecule has 0 radical (unpaired) electrons. The molecule has 1 aliphatic rings. The van der Waals surface area contributed by atoms with E-state index >= 15 is 0 Å². The molecule has 1 unspecified atom stereocenters. The first-order valence-electron chi connectivity index (χ1n) is 5.05. The second-order valence-corrected chi connectivity index (χ2v) is 5.18. The number of hydrogen-bond acceptors (Lipinski definition) is 3. The summed E-state index contributed by atoms with van der Waals surface area (Å²) in [6, 6.07) is 0. The summed E-state index contributed by atoms with van der Waals surface area (Å²) < 4.78 is 0. The number of nitrogens with zero attached hydrogens (tertiary/aromatic N) is 2. The summed E-state index contributed by atoms with van der Waals surface area (Å²) in [5, 5.41) is 1.29. The quantitative estimate of drug-likeness (QED) is 0.659. The second-order valence-electron chi connectivity index (χ2n) is 4.09. The Morgan fingerprint density at radius 3 is 3.36 bits per heavy atom. The van der Waals surface area contributed by atoms with Crippen LogP contribution in [0.2, 0.25) is 0 Å². The van der Waals surface area contributed by atoms with E-state index in [1.54, 1.807) is 11.2 Å². The van der Waals surface area contributed by atoms with Gasteiger partial charge in [-0.2, -0.15) is 0 Å². The molecule has 2 nitrogen and oxygen atoms in total. The lowest BCUT2D eigenvalue weighted by atomic mass is 9.89. The van der Waals surface area contributed by atoms with Gasteiger partial charge < -0.3 is 0 Å². The Morgan fingerprint density at radius 1 is 1.50 bits per heavy atom. The first kappa shape index (κ1) is 8.36. The van der Waals surface area contributed by atoms with Crippen LogP contribution in [-0.4, -0.2) is 9.97 Å². The average Bonchev–Trinajstić information content (AvgIpc) is 2.54. The zero-order chi connectivity index (χ0) is 9.54. The molecular formula is C11H12N2S. The lowest BCUT2D eigenvalue weighted by molar-refractivity contribution is 0.509. The Bertz CT molecular complexity index is 475. The highest BCUT2D eigenvalue weighted by atomic mass is 32.1. The average molecular weight is 204 g/mol. The van der Waals surface area contributed by atoms with Gasteiger partial charge in [0.1, 0.15) is 11.2 Å². The minimum atomic E-state index is 0.837. The molecule has 0 fully saturated rings. The summed E-state index contributed by atoms with van der Waals surface area (Å²) in [6.45, 7) is 2.33. The molecule has 0 saturated carbocycles. The van der Waals surface area contributed by atoms with Gasteiger partial charge in [0, 0.05) is 16.5 Å². The number of aryl methyl sites for hydroxylation is 1. The van der Waals surface area contributed by atoms with Crippen LogP contribution in [0.4, 0.5) is 0 Å². The zero-order valence-electron chi connectivity index (χ0n) is 8.16. The predicted octanol–water partition coefficient (Wildman–Crippen LogP) is 2.82. The third-order valence-corrected chi connectivity index (χ3v) is 4.16. The van der Waals surface area contributed by atoms with E-state index in [2.05, 4.69) is 16.9 Å². The lowest BCUT2D eigenvalue weighted by Crippen LogP contribution is -2.08. The van der Waals surface area contributed by atoms with Crippen LogP contribution in [0, 0.1) is 5.92 Å². The highest BCUT2D eigenvalue weighted by molar-refractivity contribution is 7.18. The van der Waals surface area contributed by atoms with Gasteiger partial charge in [-0.05, 0) is 30.7 Å². The van der Waals surface area contributed by atoms with Crippen LogP contribution < -0.4 is 0 Å². The Morgan fingerprint density at radius 2 is 2.43 bits per heavy atom. The fraction of sp³-hybridized carbons (Fsp3) is 0.455. The van der Waals surface area contributed by atoms with Crippen molar-refractivity contribution in [1.82, 2.24) is 9.97 Å². The molecular weight excluding hydrogens is 192 g/mol. The van der Waals surface area contributed by atoms with Crippen molar-refractivity contribution in [3.8, 4) is 0 Å². The predicted molar refractivity (Wildman–Crippen MR) is 58.6 cm³/mol. The zero-order valence-corrected chi connectivity index (χ0v) is 8.97. The summed E-state index contributed by atoms with van der Waals surface area (Å²) >= 11 is 1.85. The van der Waals surface area contributed by atoms with Crippen molar-refractivity contribution >= 4 is 21.6 Å². The lowest BCUT2D eigenvalue weighted by Gasteiger charge is -2.17. The minimum absolute atomic E-state index is 0.837. The van der Waals surface area contributed by atoms with E-state index in [9.17, 15) is 0 Å². The molecule has 3 rings (SSSR count). The van der Waals surface area contributed by atoms with Gasteiger partial charge >= 0.3 is 0 Å². The summed E-state index contributed by atoms with van der Waals surface area (Å²) in [6.07, 6.45) is 7.37. The van der Waals surface area contributed by atoms with Crippen LogP contribution in [0.15, 0.2) is 12.5 Å². The highest BCUT2D eigenvalue weighted by Gasteiger charge is 2.20. The van der Waals surface area contributed by atoms with Crippen LogP contribution >= 0.6 is 11.3 Å². The standard InChI is InChI=1S/C11H12N2S/c1-7-2-3-8-9-5-12-6-13-11(9)14-10(8)4-7/h5-7H,2-4H2,1H3.